The van der Waals surface area contributed by atoms with E-state index in [9.17, 15) is 4.79 Å². The van der Waals surface area contributed by atoms with Crippen LogP contribution < -0.4 is 10.6 Å². The van der Waals surface area contributed by atoms with Gasteiger partial charge in [-0.15, -0.1) is 24.8 Å². The van der Waals surface area contributed by atoms with Crippen LogP contribution in [0.2, 0.25) is 0 Å². The van der Waals surface area contributed by atoms with Crippen LogP contribution in [-0.2, 0) is 4.79 Å². The van der Waals surface area contributed by atoms with Crippen molar-refractivity contribution in [3.8, 4) is 0 Å². The molecule has 1 atom stereocenters. The van der Waals surface area contributed by atoms with Crippen molar-refractivity contribution in [2.24, 2.45) is 0 Å². The van der Waals surface area contributed by atoms with E-state index < -0.39 is 0 Å². The maximum atomic E-state index is 11.9. The van der Waals surface area contributed by atoms with Crippen molar-refractivity contribution in [3.05, 3.63) is 18.5 Å². The highest BCUT2D eigenvalue weighted by Gasteiger charge is 2.20. The molecule has 1 amide bonds. The maximum Gasteiger partial charge on any atom is 0.244 e. The van der Waals surface area contributed by atoms with Crippen LogP contribution in [0.25, 0.3) is 0 Å². The Labute approximate surface area is 120 Å². The van der Waals surface area contributed by atoms with Crippen molar-refractivity contribution >= 4 is 30.7 Å². The van der Waals surface area contributed by atoms with E-state index in [4.69, 9.17) is 0 Å². The van der Waals surface area contributed by atoms with Crippen LogP contribution in [0.1, 0.15) is 25.8 Å². The van der Waals surface area contributed by atoms with Crippen LogP contribution >= 0.6 is 24.8 Å². The van der Waals surface area contributed by atoms with Gasteiger partial charge in [-0.3, -0.25) is 9.48 Å². The molecule has 7 heteroatoms. The van der Waals surface area contributed by atoms with Crippen LogP contribution in [0.5, 0.6) is 0 Å². The molecule has 0 aromatic carbocycles. The van der Waals surface area contributed by atoms with E-state index in [1.807, 2.05) is 19.2 Å². The van der Waals surface area contributed by atoms with Crippen molar-refractivity contribution in [2.75, 3.05) is 13.1 Å². The second-order valence-electron chi connectivity index (χ2n) is 4.19. The van der Waals surface area contributed by atoms with Crippen molar-refractivity contribution in [3.63, 3.8) is 0 Å². The molecule has 2 heterocycles. The first-order chi connectivity index (χ1) is 7.77. The van der Waals surface area contributed by atoms with Crippen LogP contribution in [0.15, 0.2) is 18.5 Å². The molecule has 0 radical (unpaired) electrons. The Morgan fingerprint density at radius 1 is 1.44 bits per heavy atom. The number of halogens is 2. The highest BCUT2D eigenvalue weighted by Crippen LogP contribution is 2.07. The van der Waals surface area contributed by atoms with Crippen molar-refractivity contribution < 1.29 is 4.79 Å². The number of amides is 1. The number of aromatic nitrogens is 2. The first kappa shape index (κ1) is 17.2. The van der Waals surface area contributed by atoms with E-state index in [0.717, 1.165) is 25.9 Å². The summed E-state index contributed by atoms with van der Waals surface area (Å²) < 4.78 is 1.68. The average Bonchev–Trinajstić information content (AvgIpc) is 2.83. The van der Waals surface area contributed by atoms with Crippen LogP contribution in [0, 0.1) is 0 Å². The molecule has 0 spiro atoms. The standard InChI is InChI=1S/C11H18N4O.2ClH/c1-9(15-8-2-5-13-15)11(16)14-10-3-6-12-7-4-10;;/h2,5,8-10,12H,3-4,6-7H2,1H3,(H,14,16);2*1H. The molecule has 1 aromatic heterocycles. The third-order valence-electron chi connectivity index (χ3n) is 2.99. The number of hydrogen-bond acceptors (Lipinski definition) is 3. The summed E-state index contributed by atoms with van der Waals surface area (Å²) in [6, 6.07) is 1.91. The molecule has 1 saturated heterocycles. The van der Waals surface area contributed by atoms with Gasteiger partial charge < -0.3 is 10.6 Å². The van der Waals surface area contributed by atoms with Crippen molar-refractivity contribution in [2.45, 2.75) is 31.8 Å². The van der Waals surface area contributed by atoms with Gasteiger partial charge in [-0.2, -0.15) is 5.10 Å². The Morgan fingerprint density at radius 2 is 2.11 bits per heavy atom. The van der Waals surface area contributed by atoms with E-state index >= 15 is 0 Å². The van der Waals surface area contributed by atoms with E-state index in [1.165, 1.54) is 0 Å². The van der Waals surface area contributed by atoms with Gasteiger partial charge in [0.15, 0.2) is 0 Å². The summed E-state index contributed by atoms with van der Waals surface area (Å²) in [5.41, 5.74) is 0. The fourth-order valence-corrected chi connectivity index (χ4v) is 1.92. The second kappa shape index (κ2) is 8.34. The second-order valence-corrected chi connectivity index (χ2v) is 4.19. The Morgan fingerprint density at radius 3 is 2.67 bits per heavy atom. The minimum absolute atomic E-state index is 0. The predicted molar refractivity (Wildman–Crippen MR) is 75.5 cm³/mol. The van der Waals surface area contributed by atoms with E-state index in [2.05, 4.69) is 15.7 Å². The highest BCUT2D eigenvalue weighted by atomic mass is 35.5. The first-order valence-corrected chi connectivity index (χ1v) is 5.77. The molecule has 1 aliphatic heterocycles. The van der Waals surface area contributed by atoms with Gasteiger partial charge in [0.05, 0.1) is 0 Å². The molecule has 104 valence electrons. The molecule has 0 aliphatic carbocycles. The number of rotatable bonds is 3. The molecule has 2 rings (SSSR count). The fraction of sp³-hybridized carbons (Fsp3) is 0.636. The summed E-state index contributed by atoms with van der Waals surface area (Å²) in [7, 11) is 0. The number of carbonyl (C=O) groups excluding carboxylic acids is 1. The molecular weight excluding hydrogens is 275 g/mol. The predicted octanol–water partition coefficient (Wildman–Crippen LogP) is 1.16. The zero-order chi connectivity index (χ0) is 11.4. The minimum atomic E-state index is -0.232. The molecule has 1 unspecified atom stereocenters. The highest BCUT2D eigenvalue weighted by molar-refractivity contribution is 5.85. The third kappa shape index (κ3) is 4.48. The number of nitrogens with one attached hydrogen (secondary N) is 2. The number of nitrogens with zero attached hydrogens (tertiary/aromatic N) is 2. The lowest BCUT2D eigenvalue weighted by Crippen LogP contribution is -2.44. The summed E-state index contributed by atoms with van der Waals surface area (Å²) in [6.07, 6.45) is 5.52. The molecule has 2 N–H and O–H groups in total. The SMILES string of the molecule is CC(C(=O)NC1CCNCC1)n1cccn1.Cl.Cl. The lowest BCUT2D eigenvalue weighted by Gasteiger charge is -2.25. The van der Waals surface area contributed by atoms with Crippen molar-refractivity contribution in [1.29, 1.82) is 0 Å². The van der Waals surface area contributed by atoms with Gasteiger partial charge in [-0.25, -0.2) is 0 Å². The molecule has 5 nitrogen and oxygen atoms in total. The minimum Gasteiger partial charge on any atom is -0.351 e. The monoisotopic (exact) mass is 294 g/mol. The molecule has 18 heavy (non-hydrogen) atoms. The zero-order valence-electron chi connectivity index (χ0n) is 10.3. The largest absolute Gasteiger partial charge is 0.351 e. The number of hydrogen-bond donors (Lipinski definition) is 2. The quantitative estimate of drug-likeness (QED) is 0.879. The fourth-order valence-electron chi connectivity index (χ4n) is 1.92. The van der Waals surface area contributed by atoms with E-state index in [-0.39, 0.29) is 36.8 Å². The molecular formula is C11H20Cl2N4O. The smallest absolute Gasteiger partial charge is 0.244 e. The van der Waals surface area contributed by atoms with Gasteiger partial charge in [0.2, 0.25) is 5.91 Å². The van der Waals surface area contributed by atoms with Crippen LogP contribution in [-0.4, -0.2) is 34.8 Å². The normalized spacial score (nSPS) is 17.2. The van der Waals surface area contributed by atoms with Gasteiger partial charge in [0, 0.05) is 18.4 Å². The molecule has 1 fully saturated rings. The summed E-state index contributed by atoms with van der Waals surface area (Å²) in [6.45, 7) is 3.84. The Bertz CT molecular complexity index is 339. The van der Waals surface area contributed by atoms with Crippen molar-refractivity contribution in [1.82, 2.24) is 20.4 Å². The van der Waals surface area contributed by atoms with Gasteiger partial charge in [-0.05, 0) is 38.9 Å². The van der Waals surface area contributed by atoms with Gasteiger partial charge in [0.1, 0.15) is 6.04 Å². The molecule has 1 aliphatic rings. The van der Waals surface area contributed by atoms with Crippen LogP contribution in [0.3, 0.4) is 0 Å². The molecule has 0 bridgehead atoms. The van der Waals surface area contributed by atoms with E-state index in [1.54, 1.807) is 10.9 Å². The number of piperidine rings is 1. The third-order valence-corrected chi connectivity index (χ3v) is 2.99. The van der Waals surface area contributed by atoms with Crippen LogP contribution in [0.4, 0.5) is 0 Å². The lowest BCUT2D eigenvalue weighted by atomic mass is 10.1. The topological polar surface area (TPSA) is 59.0 Å². The molecule has 0 saturated carbocycles. The maximum absolute atomic E-state index is 11.9. The first-order valence-electron chi connectivity index (χ1n) is 5.77. The summed E-state index contributed by atoms with van der Waals surface area (Å²) in [4.78, 5) is 11.9. The van der Waals surface area contributed by atoms with Gasteiger partial charge in [0.25, 0.3) is 0 Å². The Kier molecular flexibility index (Phi) is 7.98. The lowest BCUT2D eigenvalue weighted by molar-refractivity contribution is -0.125. The average molecular weight is 295 g/mol. The van der Waals surface area contributed by atoms with Gasteiger partial charge in [-0.1, -0.05) is 0 Å². The summed E-state index contributed by atoms with van der Waals surface area (Å²) >= 11 is 0. The van der Waals surface area contributed by atoms with Gasteiger partial charge >= 0.3 is 0 Å². The van der Waals surface area contributed by atoms with E-state index in [0.29, 0.717) is 6.04 Å². The summed E-state index contributed by atoms with van der Waals surface area (Å²) in [5.74, 6) is 0.0515. The zero-order valence-corrected chi connectivity index (χ0v) is 12.0. The number of carbonyl (C=O) groups is 1. The Balaban J connectivity index is 0.00000144. The Hall–Kier alpha value is -0.780. The summed E-state index contributed by atoms with van der Waals surface area (Å²) in [5, 5.41) is 10.4. The molecule has 1 aromatic rings.